The van der Waals surface area contributed by atoms with Gasteiger partial charge in [-0.05, 0) is 12.8 Å². The zero-order valence-corrected chi connectivity index (χ0v) is 24.4. The fourth-order valence-corrected chi connectivity index (χ4v) is 2.69. The van der Waals surface area contributed by atoms with Crippen molar-refractivity contribution in [2.75, 3.05) is 14.2 Å². The standard InChI is InChI=1S/C10H20O2.C8H18.C8H15.C3H6O2.CO/c1-3-4-5-6-7-8-9-10(11)12-2;2*1-3-5-7-8-6-4-2;1-3(4)5-2;1-2/h3-9H2,1-2H3;3-8H2,1-2H3;1,3H,4-8H2,2H3;1-2H3;/q;;+1;;. The number of esters is 2. The van der Waals surface area contributed by atoms with Gasteiger partial charge < -0.3 is 9.47 Å². The number of carbonyl (C=O) groups is 2. The summed E-state index contributed by atoms with van der Waals surface area (Å²) in [7, 11) is 2.79. The molecule has 0 rings (SSSR count). The molecule has 0 fully saturated rings. The number of unbranched alkanes of at least 4 members (excludes halogenated alkanes) is 14. The minimum absolute atomic E-state index is 0.0782. The van der Waals surface area contributed by atoms with Crippen molar-refractivity contribution in [3.63, 3.8) is 0 Å². The summed E-state index contributed by atoms with van der Waals surface area (Å²) in [5, 5.41) is 0. The van der Waals surface area contributed by atoms with Gasteiger partial charge in [0, 0.05) is 19.8 Å². The van der Waals surface area contributed by atoms with Crippen LogP contribution in [0.15, 0.2) is 6.08 Å². The van der Waals surface area contributed by atoms with Crippen molar-refractivity contribution in [2.24, 2.45) is 0 Å². The van der Waals surface area contributed by atoms with Crippen LogP contribution in [-0.4, -0.2) is 26.2 Å². The van der Waals surface area contributed by atoms with E-state index in [4.69, 9.17) is 11.2 Å². The maximum atomic E-state index is 10.7. The van der Waals surface area contributed by atoms with Crippen molar-refractivity contribution in [1.82, 2.24) is 0 Å². The Balaban J connectivity index is -0.000000116. The average Bonchev–Trinajstić information content (AvgIpc) is 2.89. The summed E-state index contributed by atoms with van der Waals surface area (Å²) >= 11 is 0. The summed E-state index contributed by atoms with van der Waals surface area (Å²) in [6, 6.07) is 0. The second-order valence-electron chi connectivity index (χ2n) is 8.29. The largest absolute Gasteiger partial charge is 0.201 e. The van der Waals surface area contributed by atoms with Crippen LogP contribution in [0.3, 0.4) is 0 Å². The molecule has 0 spiro atoms. The summed E-state index contributed by atoms with van der Waals surface area (Å²) in [6.45, 7) is 20.0. The van der Waals surface area contributed by atoms with Gasteiger partial charge in [-0.25, -0.2) is 0 Å². The molecule has 208 valence electrons. The van der Waals surface area contributed by atoms with Crippen molar-refractivity contribution >= 4 is 11.9 Å². The number of hydrogen-bond acceptors (Lipinski definition) is 4. The number of ether oxygens (including phenoxy) is 2. The van der Waals surface area contributed by atoms with E-state index in [9.17, 15) is 9.59 Å². The first-order valence-corrected chi connectivity index (χ1v) is 13.8. The predicted octanol–water partition coefficient (Wildman–Crippen LogP) is 9.36. The molecule has 0 saturated heterocycles. The van der Waals surface area contributed by atoms with Crippen molar-refractivity contribution in [3.8, 4) is 0 Å². The van der Waals surface area contributed by atoms with E-state index < -0.39 is 0 Å². The second-order valence-corrected chi connectivity index (χ2v) is 8.29. The zero-order valence-electron chi connectivity index (χ0n) is 24.4. The number of rotatable bonds is 17. The summed E-state index contributed by atoms with van der Waals surface area (Å²) in [5.74, 6) is -0.324. The minimum Gasteiger partial charge on any atom is -0.0654 e. The molecular formula is C30H59O5+. The molecule has 0 aromatic rings. The van der Waals surface area contributed by atoms with Gasteiger partial charge in [0.2, 0.25) is 6.58 Å². The maximum Gasteiger partial charge on any atom is 0.201 e. The van der Waals surface area contributed by atoms with Gasteiger partial charge in [0.05, 0.1) is 14.2 Å². The van der Waals surface area contributed by atoms with Crippen LogP contribution in [0.5, 0.6) is 0 Å². The third kappa shape index (κ3) is 72.0. The Labute approximate surface area is 219 Å². The van der Waals surface area contributed by atoms with E-state index in [0.717, 1.165) is 19.3 Å². The topological polar surface area (TPSA) is 72.5 Å². The van der Waals surface area contributed by atoms with Crippen LogP contribution < -0.4 is 0 Å². The number of methoxy groups -OCH3 is 2. The third-order valence-corrected chi connectivity index (χ3v) is 4.93. The molecule has 0 atom stereocenters. The molecule has 0 aliphatic carbocycles. The number of hydrogen-bond donors (Lipinski definition) is 0. The van der Waals surface area contributed by atoms with Gasteiger partial charge in [-0.3, -0.25) is 9.59 Å². The Morgan fingerprint density at radius 2 is 0.971 bits per heavy atom. The molecule has 0 saturated carbocycles. The van der Waals surface area contributed by atoms with Crippen LogP contribution in [0.4, 0.5) is 0 Å². The van der Waals surface area contributed by atoms with Gasteiger partial charge in [0.1, 0.15) is 0 Å². The van der Waals surface area contributed by atoms with E-state index in [1.165, 1.54) is 111 Å². The summed E-state index contributed by atoms with van der Waals surface area (Å²) < 4.78 is 16.2. The zero-order chi connectivity index (χ0) is 28.0. The van der Waals surface area contributed by atoms with E-state index in [-0.39, 0.29) is 11.9 Å². The molecule has 35 heavy (non-hydrogen) atoms. The monoisotopic (exact) mass is 499 g/mol. The molecule has 5 nitrogen and oxygen atoms in total. The van der Waals surface area contributed by atoms with Crippen LogP contribution in [0.25, 0.3) is 0 Å². The summed E-state index contributed by atoms with van der Waals surface area (Å²) in [6.07, 6.45) is 24.5. The van der Waals surface area contributed by atoms with Gasteiger partial charge in [0.15, 0.2) is 6.08 Å². The van der Waals surface area contributed by atoms with Crippen molar-refractivity contribution in [1.29, 1.82) is 0 Å². The molecule has 0 bridgehead atoms. The molecule has 0 aromatic carbocycles. The molecule has 0 aromatic heterocycles. The minimum atomic E-state index is -0.245. The van der Waals surface area contributed by atoms with Gasteiger partial charge in [-0.1, -0.05) is 118 Å². The Morgan fingerprint density at radius 3 is 1.26 bits per heavy atom. The fraction of sp³-hybridized carbons (Fsp3) is 0.833. The Hall–Kier alpha value is -1.67. The molecule has 0 aliphatic heterocycles. The first-order chi connectivity index (χ1) is 16.9. The van der Waals surface area contributed by atoms with Gasteiger partial charge in [-0.15, -0.1) is 0 Å². The quantitative estimate of drug-likeness (QED) is 0.0864. The van der Waals surface area contributed by atoms with E-state index in [1.54, 1.807) is 6.08 Å². The van der Waals surface area contributed by atoms with Crippen LogP contribution >= 0.6 is 0 Å². The van der Waals surface area contributed by atoms with Gasteiger partial charge >= 0.3 is 23.2 Å². The van der Waals surface area contributed by atoms with E-state index >= 15 is 0 Å². The number of allylic oxidation sites excluding steroid dienone is 1. The second kappa shape index (κ2) is 49.5. The molecule has 0 radical (unpaired) electrons. The first-order valence-electron chi connectivity index (χ1n) is 13.8. The molecule has 0 unspecified atom stereocenters. The van der Waals surface area contributed by atoms with E-state index in [0.29, 0.717) is 6.42 Å². The SMILES string of the molecule is CCCCCCCC.CCCCCCCCC(=O)OC.COC(C)=O.[C-]#[O+].[CH+]=CCCCCCC. The van der Waals surface area contributed by atoms with Crippen molar-refractivity contribution in [2.45, 2.75) is 150 Å². The van der Waals surface area contributed by atoms with Gasteiger partial charge in [-0.2, -0.15) is 0 Å². The number of carbonyl (C=O) groups excluding carboxylic acids is 2. The maximum absolute atomic E-state index is 10.7. The third-order valence-electron chi connectivity index (χ3n) is 4.93. The van der Waals surface area contributed by atoms with Crippen molar-refractivity contribution < 1.29 is 23.7 Å². The fourth-order valence-electron chi connectivity index (χ4n) is 2.69. The normalized spacial score (nSPS) is 8.69. The molecule has 5 heteroatoms. The Morgan fingerprint density at radius 1 is 0.657 bits per heavy atom. The van der Waals surface area contributed by atoms with Crippen LogP contribution in [0.1, 0.15) is 150 Å². The Bertz CT molecular complexity index is 399. The van der Waals surface area contributed by atoms with Gasteiger partial charge in [0.25, 0.3) is 0 Å². The van der Waals surface area contributed by atoms with Crippen LogP contribution in [-0.2, 0) is 23.7 Å². The van der Waals surface area contributed by atoms with Crippen molar-refractivity contribution in [3.05, 3.63) is 19.3 Å². The van der Waals surface area contributed by atoms with E-state index in [2.05, 4.69) is 43.8 Å². The molecule has 0 amide bonds. The van der Waals surface area contributed by atoms with E-state index in [1.807, 2.05) is 0 Å². The summed E-state index contributed by atoms with van der Waals surface area (Å²) in [4.78, 5) is 20.3. The molecular weight excluding hydrogens is 440 g/mol. The molecule has 0 N–H and O–H groups in total. The van der Waals surface area contributed by atoms with Crippen LogP contribution in [0, 0.1) is 13.2 Å². The first kappa shape index (κ1) is 43.4. The Kier molecular flexibility index (Phi) is 61.3. The summed E-state index contributed by atoms with van der Waals surface area (Å²) in [5.41, 5.74) is 0. The predicted molar refractivity (Wildman–Crippen MR) is 148 cm³/mol. The molecule has 0 heterocycles. The van der Waals surface area contributed by atoms with Crippen LogP contribution in [0.2, 0.25) is 0 Å². The molecule has 0 aliphatic rings. The average molecular weight is 500 g/mol. The smallest absolute Gasteiger partial charge is 0.0654 e.